The molecule has 0 saturated carbocycles. The van der Waals surface area contributed by atoms with E-state index >= 15 is 0 Å². The summed E-state index contributed by atoms with van der Waals surface area (Å²) in [5.74, 6) is -0.268. The van der Waals surface area contributed by atoms with Crippen LogP contribution < -0.4 is 5.73 Å². The van der Waals surface area contributed by atoms with Crippen LogP contribution in [0.2, 0.25) is 0 Å². The van der Waals surface area contributed by atoms with Crippen LogP contribution >= 0.6 is 11.3 Å². The van der Waals surface area contributed by atoms with Crippen molar-refractivity contribution in [2.75, 3.05) is 6.61 Å². The summed E-state index contributed by atoms with van der Waals surface area (Å²) in [6.07, 6.45) is 0.410. The molecular weight excluding hydrogens is 165 g/mol. The van der Waals surface area contributed by atoms with Gasteiger partial charge >= 0.3 is 0 Å². The monoisotopic (exact) mass is 175 g/mol. The van der Waals surface area contributed by atoms with Crippen LogP contribution in [0.4, 0.5) is 4.39 Å². The molecule has 0 spiro atoms. The van der Waals surface area contributed by atoms with E-state index in [1.807, 2.05) is 0 Å². The van der Waals surface area contributed by atoms with Crippen molar-refractivity contribution < 1.29 is 9.50 Å². The Morgan fingerprint density at radius 1 is 1.64 bits per heavy atom. The summed E-state index contributed by atoms with van der Waals surface area (Å²) < 4.78 is 12.8. The quantitative estimate of drug-likeness (QED) is 0.726. The molecule has 0 aliphatic rings. The van der Waals surface area contributed by atoms with Gasteiger partial charge in [-0.3, -0.25) is 0 Å². The summed E-state index contributed by atoms with van der Waals surface area (Å²) in [4.78, 5) is 0. The summed E-state index contributed by atoms with van der Waals surface area (Å²) in [5.41, 5.74) is 6.06. The Balaban J connectivity index is 2.67. The lowest BCUT2D eigenvalue weighted by Gasteiger charge is -2.06. The first-order valence-electron chi connectivity index (χ1n) is 3.33. The van der Waals surface area contributed by atoms with Gasteiger partial charge in [-0.1, -0.05) is 0 Å². The lowest BCUT2D eigenvalue weighted by atomic mass is 10.1. The van der Waals surface area contributed by atoms with Gasteiger partial charge in [0.05, 0.1) is 0 Å². The minimum atomic E-state index is -0.369. The number of aliphatic hydroxyl groups excluding tert-OH is 1. The van der Waals surface area contributed by atoms with Crippen LogP contribution in [0.15, 0.2) is 10.8 Å². The molecule has 4 heteroatoms. The zero-order valence-electron chi connectivity index (χ0n) is 5.96. The van der Waals surface area contributed by atoms with Gasteiger partial charge in [-0.25, -0.2) is 4.39 Å². The highest BCUT2D eigenvalue weighted by Crippen LogP contribution is 2.20. The molecule has 0 aromatic carbocycles. The Hall–Kier alpha value is -0.450. The third-order valence-electron chi connectivity index (χ3n) is 1.48. The van der Waals surface area contributed by atoms with Crippen molar-refractivity contribution in [1.29, 1.82) is 0 Å². The first-order chi connectivity index (χ1) is 5.25. The summed E-state index contributed by atoms with van der Waals surface area (Å²) in [6, 6.07) is -0.369. The molecule has 0 fully saturated rings. The van der Waals surface area contributed by atoms with E-state index in [0.29, 0.717) is 12.0 Å². The number of halogens is 1. The van der Waals surface area contributed by atoms with Crippen LogP contribution in [0.5, 0.6) is 0 Å². The van der Waals surface area contributed by atoms with Gasteiger partial charge in [-0.2, -0.15) is 0 Å². The van der Waals surface area contributed by atoms with Crippen molar-refractivity contribution in [3.05, 3.63) is 22.1 Å². The molecule has 1 atom stereocenters. The second-order valence-corrected chi connectivity index (χ2v) is 3.04. The van der Waals surface area contributed by atoms with Gasteiger partial charge in [0.2, 0.25) is 0 Å². The highest BCUT2D eigenvalue weighted by molar-refractivity contribution is 7.08. The van der Waals surface area contributed by atoms with Crippen LogP contribution in [0, 0.1) is 5.82 Å². The fourth-order valence-corrected chi connectivity index (χ4v) is 1.61. The highest BCUT2D eigenvalue weighted by Gasteiger charge is 2.10. The third-order valence-corrected chi connectivity index (χ3v) is 2.21. The van der Waals surface area contributed by atoms with Crippen LogP contribution in [-0.2, 0) is 0 Å². The van der Waals surface area contributed by atoms with E-state index in [0.717, 1.165) is 0 Å². The van der Waals surface area contributed by atoms with E-state index in [9.17, 15) is 4.39 Å². The van der Waals surface area contributed by atoms with Crippen molar-refractivity contribution >= 4 is 11.3 Å². The van der Waals surface area contributed by atoms with Crippen molar-refractivity contribution in [2.24, 2.45) is 5.73 Å². The van der Waals surface area contributed by atoms with E-state index in [2.05, 4.69) is 0 Å². The Labute approximate surface area is 68.5 Å². The smallest absolute Gasteiger partial charge is 0.138 e. The first-order valence-corrected chi connectivity index (χ1v) is 4.28. The van der Waals surface area contributed by atoms with Crippen molar-refractivity contribution in [1.82, 2.24) is 0 Å². The van der Waals surface area contributed by atoms with Crippen LogP contribution in [0.3, 0.4) is 0 Å². The SMILES string of the molecule is N[C@H](CCO)c1cscc1F. The summed E-state index contributed by atoms with van der Waals surface area (Å²) >= 11 is 1.28. The molecule has 0 radical (unpaired) electrons. The molecule has 0 unspecified atom stereocenters. The predicted octanol–water partition coefficient (Wildman–Crippen LogP) is 1.27. The lowest BCUT2D eigenvalue weighted by molar-refractivity contribution is 0.275. The van der Waals surface area contributed by atoms with Gasteiger partial charge in [0.15, 0.2) is 0 Å². The van der Waals surface area contributed by atoms with E-state index < -0.39 is 0 Å². The normalized spacial score (nSPS) is 13.4. The first kappa shape index (κ1) is 8.64. The molecule has 0 saturated heterocycles. The summed E-state index contributed by atoms with van der Waals surface area (Å²) in [7, 11) is 0. The molecule has 0 amide bonds. The van der Waals surface area contributed by atoms with E-state index in [4.69, 9.17) is 10.8 Å². The number of rotatable bonds is 3. The lowest BCUT2D eigenvalue weighted by Crippen LogP contribution is -2.12. The molecule has 3 N–H and O–H groups in total. The van der Waals surface area contributed by atoms with Gasteiger partial charge in [0, 0.05) is 23.6 Å². The van der Waals surface area contributed by atoms with Gasteiger partial charge < -0.3 is 10.8 Å². The Bertz CT molecular complexity index is 226. The fourth-order valence-electron chi connectivity index (χ4n) is 0.850. The molecule has 1 heterocycles. The molecule has 0 bridgehead atoms. The molecule has 0 aliphatic carbocycles. The van der Waals surface area contributed by atoms with Gasteiger partial charge in [-0.15, -0.1) is 11.3 Å². The van der Waals surface area contributed by atoms with E-state index in [1.54, 1.807) is 5.38 Å². The van der Waals surface area contributed by atoms with Crippen LogP contribution in [-0.4, -0.2) is 11.7 Å². The summed E-state index contributed by atoms with van der Waals surface area (Å²) in [5, 5.41) is 11.6. The maximum Gasteiger partial charge on any atom is 0.138 e. The van der Waals surface area contributed by atoms with Crippen molar-refractivity contribution in [2.45, 2.75) is 12.5 Å². The third kappa shape index (κ3) is 1.99. The fraction of sp³-hybridized carbons (Fsp3) is 0.429. The molecular formula is C7H10FNOS. The average molecular weight is 175 g/mol. The van der Waals surface area contributed by atoms with Crippen LogP contribution in [0.1, 0.15) is 18.0 Å². The van der Waals surface area contributed by atoms with Gasteiger partial charge in [0.25, 0.3) is 0 Å². The molecule has 1 rings (SSSR count). The molecule has 11 heavy (non-hydrogen) atoms. The zero-order valence-corrected chi connectivity index (χ0v) is 6.77. The number of thiophene rings is 1. The van der Waals surface area contributed by atoms with Crippen molar-refractivity contribution in [3.8, 4) is 0 Å². The molecule has 62 valence electrons. The average Bonchev–Trinajstić information content (AvgIpc) is 2.36. The molecule has 1 aromatic heterocycles. The summed E-state index contributed by atoms with van der Waals surface area (Å²) in [6.45, 7) is -0.00352. The largest absolute Gasteiger partial charge is 0.396 e. The molecule has 1 aromatic rings. The maximum absolute atomic E-state index is 12.8. The highest BCUT2D eigenvalue weighted by atomic mass is 32.1. The number of aliphatic hydroxyl groups is 1. The standard InChI is InChI=1S/C7H10FNOS/c8-6-4-11-3-5(6)7(9)1-2-10/h3-4,7,10H,1-2,9H2/t7-/m1/s1. The zero-order chi connectivity index (χ0) is 8.27. The second kappa shape index (κ2) is 3.80. The minimum Gasteiger partial charge on any atom is -0.396 e. The number of hydrogen-bond donors (Lipinski definition) is 2. The molecule has 0 aliphatic heterocycles. The Morgan fingerprint density at radius 3 is 2.82 bits per heavy atom. The Kier molecular flexibility index (Phi) is 2.99. The number of nitrogens with two attached hydrogens (primary N) is 1. The number of hydrogen-bond acceptors (Lipinski definition) is 3. The second-order valence-electron chi connectivity index (χ2n) is 2.29. The van der Waals surface area contributed by atoms with Gasteiger partial charge in [-0.05, 0) is 11.8 Å². The van der Waals surface area contributed by atoms with Gasteiger partial charge in [0.1, 0.15) is 5.82 Å². The maximum atomic E-state index is 12.8. The predicted molar refractivity (Wildman–Crippen MR) is 42.9 cm³/mol. The Morgan fingerprint density at radius 2 is 2.36 bits per heavy atom. The molecule has 2 nitrogen and oxygen atoms in total. The van der Waals surface area contributed by atoms with E-state index in [1.165, 1.54) is 16.7 Å². The van der Waals surface area contributed by atoms with Crippen molar-refractivity contribution in [3.63, 3.8) is 0 Å². The topological polar surface area (TPSA) is 46.2 Å². The minimum absolute atomic E-state index is 0.00352. The van der Waals surface area contributed by atoms with E-state index in [-0.39, 0.29) is 18.5 Å². The van der Waals surface area contributed by atoms with Crippen LogP contribution in [0.25, 0.3) is 0 Å².